The summed E-state index contributed by atoms with van der Waals surface area (Å²) in [5.74, 6) is 0.590. The summed E-state index contributed by atoms with van der Waals surface area (Å²) in [5, 5.41) is -0.263. The van der Waals surface area contributed by atoms with Crippen LogP contribution in [0.15, 0.2) is 29.2 Å². The van der Waals surface area contributed by atoms with Crippen LogP contribution in [0.1, 0.15) is 25.7 Å². The summed E-state index contributed by atoms with van der Waals surface area (Å²) in [4.78, 5) is 0.600. The first-order valence-electron chi connectivity index (χ1n) is 7.19. The fourth-order valence-corrected chi connectivity index (χ4v) is 5.06. The van der Waals surface area contributed by atoms with E-state index < -0.39 is 9.84 Å². The zero-order valence-electron chi connectivity index (χ0n) is 12.2. The molecule has 3 unspecified atom stereocenters. The molecule has 3 nitrogen and oxygen atoms in total. The van der Waals surface area contributed by atoms with E-state index in [1.807, 2.05) is 0 Å². The Bertz CT molecular complexity index is 577. The predicted octanol–water partition coefficient (Wildman–Crippen LogP) is 2.85. The summed E-state index contributed by atoms with van der Waals surface area (Å²) in [7, 11) is -2.99. The van der Waals surface area contributed by atoms with Gasteiger partial charge in [0.1, 0.15) is 15.7 Å². The molecule has 2 N–H and O–H groups in total. The van der Waals surface area contributed by atoms with Gasteiger partial charge < -0.3 is 5.73 Å². The molecule has 0 spiro atoms. The van der Waals surface area contributed by atoms with Gasteiger partial charge in [0, 0.05) is 22.9 Å². The SMILES string of the molecule is CS(=O)(=O)C1CCCC(C(N)CSc2ccccc2F)C1. The number of halogens is 1. The number of hydrogen-bond donors (Lipinski definition) is 1. The highest BCUT2D eigenvalue weighted by atomic mass is 32.2. The van der Waals surface area contributed by atoms with Gasteiger partial charge in [-0.1, -0.05) is 18.6 Å². The maximum atomic E-state index is 13.6. The molecule has 1 aromatic carbocycles. The molecule has 2 rings (SSSR count). The van der Waals surface area contributed by atoms with E-state index >= 15 is 0 Å². The molecule has 0 aromatic heterocycles. The molecule has 21 heavy (non-hydrogen) atoms. The van der Waals surface area contributed by atoms with Crippen molar-refractivity contribution < 1.29 is 12.8 Å². The Morgan fingerprint density at radius 1 is 1.38 bits per heavy atom. The van der Waals surface area contributed by atoms with Crippen molar-refractivity contribution in [3.8, 4) is 0 Å². The molecule has 1 aromatic rings. The molecular formula is C15H22FNO2S2. The monoisotopic (exact) mass is 331 g/mol. The van der Waals surface area contributed by atoms with Crippen molar-refractivity contribution in [3.63, 3.8) is 0 Å². The van der Waals surface area contributed by atoms with Crippen LogP contribution in [-0.4, -0.2) is 31.7 Å². The lowest BCUT2D eigenvalue weighted by Crippen LogP contribution is -2.39. The Hall–Kier alpha value is -0.590. The molecule has 0 bridgehead atoms. The minimum absolute atomic E-state index is 0.0980. The minimum Gasteiger partial charge on any atom is -0.327 e. The van der Waals surface area contributed by atoms with Crippen LogP contribution in [0.2, 0.25) is 0 Å². The maximum absolute atomic E-state index is 13.6. The highest BCUT2D eigenvalue weighted by molar-refractivity contribution is 7.99. The molecule has 1 saturated carbocycles. The van der Waals surface area contributed by atoms with Gasteiger partial charge in [0.05, 0.1) is 5.25 Å². The number of rotatable bonds is 5. The molecule has 6 heteroatoms. The molecule has 0 aliphatic heterocycles. The van der Waals surface area contributed by atoms with Crippen molar-refractivity contribution in [2.45, 2.75) is 41.9 Å². The van der Waals surface area contributed by atoms with E-state index in [0.29, 0.717) is 17.1 Å². The van der Waals surface area contributed by atoms with Gasteiger partial charge in [-0.2, -0.15) is 0 Å². The highest BCUT2D eigenvalue weighted by Gasteiger charge is 2.31. The van der Waals surface area contributed by atoms with Crippen molar-refractivity contribution in [2.75, 3.05) is 12.0 Å². The molecule has 0 heterocycles. The van der Waals surface area contributed by atoms with E-state index in [0.717, 1.165) is 19.3 Å². The third-order valence-corrected chi connectivity index (χ3v) is 6.98. The molecule has 3 atom stereocenters. The standard InChI is InChI=1S/C15H22FNO2S2/c1-21(18,19)12-6-4-5-11(9-12)14(17)10-20-15-8-3-2-7-13(15)16/h2-3,7-8,11-12,14H,4-6,9-10,17H2,1H3. The average molecular weight is 331 g/mol. The van der Waals surface area contributed by atoms with Crippen molar-refractivity contribution in [2.24, 2.45) is 11.7 Å². The molecule has 118 valence electrons. The third kappa shape index (κ3) is 4.69. The average Bonchev–Trinajstić information content (AvgIpc) is 2.45. The number of hydrogen-bond acceptors (Lipinski definition) is 4. The first-order chi connectivity index (χ1) is 9.88. The van der Waals surface area contributed by atoms with Crippen molar-refractivity contribution >= 4 is 21.6 Å². The number of benzene rings is 1. The van der Waals surface area contributed by atoms with Gasteiger partial charge in [0.2, 0.25) is 0 Å². The quantitative estimate of drug-likeness (QED) is 0.843. The second-order valence-electron chi connectivity index (χ2n) is 5.78. The fourth-order valence-electron chi connectivity index (χ4n) is 2.84. The Morgan fingerprint density at radius 3 is 2.76 bits per heavy atom. The Morgan fingerprint density at radius 2 is 2.10 bits per heavy atom. The van der Waals surface area contributed by atoms with Crippen LogP contribution < -0.4 is 5.73 Å². The zero-order valence-corrected chi connectivity index (χ0v) is 13.8. The minimum atomic E-state index is -2.99. The number of nitrogens with two attached hydrogens (primary N) is 1. The smallest absolute Gasteiger partial charge is 0.150 e. The van der Waals surface area contributed by atoms with E-state index in [9.17, 15) is 12.8 Å². The fraction of sp³-hybridized carbons (Fsp3) is 0.600. The molecular weight excluding hydrogens is 309 g/mol. The van der Waals surface area contributed by atoms with E-state index in [1.165, 1.54) is 24.1 Å². The molecule has 0 radical (unpaired) electrons. The number of sulfone groups is 1. The van der Waals surface area contributed by atoms with Crippen LogP contribution in [0.25, 0.3) is 0 Å². The summed E-state index contributed by atoms with van der Waals surface area (Å²) >= 11 is 1.41. The first kappa shape index (κ1) is 16.8. The van der Waals surface area contributed by atoms with Gasteiger partial charge in [-0.05, 0) is 37.3 Å². The second kappa shape index (κ2) is 7.11. The van der Waals surface area contributed by atoms with Crippen molar-refractivity contribution in [1.29, 1.82) is 0 Å². The van der Waals surface area contributed by atoms with E-state index in [2.05, 4.69) is 0 Å². The lowest BCUT2D eigenvalue weighted by Gasteiger charge is -2.31. The summed E-state index contributed by atoms with van der Waals surface area (Å²) in [6.45, 7) is 0. The second-order valence-corrected chi connectivity index (χ2v) is 9.17. The maximum Gasteiger partial charge on any atom is 0.150 e. The predicted molar refractivity (Wildman–Crippen MR) is 85.7 cm³/mol. The van der Waals surface area contributed by atoms with Crippen LogP contribution >= 0.6 is 11.8 Å². The lowest BCUT2D eigenvalue weighted by atomic mass is 9.84. The van der Waals surface area contributed by atoms with E-state index in [1.54, 1.807) is 18.2 Å². The topological polar surface area (TPSA) is 60.2 Å². The highest BCUT2D eigenvalue weighted by Crippen LogP contribution is 2.32. The molecule has 1 aliphatic rings. The van der Waals surface area contributed by atoms with E-state index in [-0.39, 0.29) is 23.0 Å². The zero-order chi connectivity index (χ0) is 15.5. The summed E-state index contributed by atoms with van der Waals surface area (Å²) in [6.07, 6.45) is 4.55. The Kier molecular flexibility index (Phi) is 5.68. The van der Waals surface area contributed by atoms with Gasteiger partial charge in [-0.15, -0.1) is 11.8 Å². The number of thioether (sulfide) groups is 1. The van der Waals surface area contributed by atoms with E-state index in [4.69, 9.17) is 5.73 Å². The summed E-state index contributed by atoms with van der Waals surface area (Å²) in [5.41, 5.74) is 6.21. The van der Waals surface area contributed by atoms with Crippen LogP contribution in [0.4, 0.5) is 4.39 Å². The van der Waals surface area contributed by atoms with Crippen LogP contribution in [0.5, 0.6) is 0 Å². The van der Waals surface area contributed by atoms with Gasteiger partial charge in [-0.3, -0.25) is 0 Å². The lowest BCUT2D eigenvalue weighted by molar-refractivity contribution is 0.319. The summed E-state index contributed by atoms with van der Waals surface area (Å²) in [6, 6.07) is 6.55. The molecule has 0 amide bonds. The van der Waals surface area contributed by atoms with Crippen LogP contribution in [0, 0.1) is 11.7 Å². The first-order valence-corrected chi connectivity index (χ1v) is 10.1. The summed E-state index contributed by atoms with van der Waals surface area (Å²) < 4.78 is 36.9. The molecule has 0 saturated heterocycles. The van der Waals surface area contributed by atoms with Gasteiger partial charge in [0.15, 0.2) is 0 Å². The van der Waals surface area contributed by atoms with Gasteiger partial charge in [0.25, 0.3) is 0 Å². The van der Waals surface area contributed by atoms with Crippen LogP contribution in [0.3, 0.4) is 0 Å². The van der Waals surface area contributed by atoms with Crippen molar-refractivity contribution in [1.82, 2.24) is 0 Å². The normalized spacial score (nSPS) is 24.7. The molecule has 1 fully saturated rings. The Balaban J connectivity index is 1.91. The largest absolute Gasteiger partial charge is 0.327 e. The Labute approximate surface area is 130 Å². The third-order valence-electron chi connectivity index (χ3n) is 4.15. The van der Waals surface area contributed by atoms with Gasteiger partial charge in [-0.25, -0.2) is 12.8 Å². The van der Waals surface area contributed by atoms with Gasteiger partial charge >= 0.3 is 0 Å². The van der Waals surface area contributed by atoms with Crippen molar-refractivity contribution in [3.05, 3.63) is 30.1 Å². The van der Waals surface area contributed by atoms with Crippen LogP contribution in [-0.2, 0) is 9.84 Å². The molecule has 1 aliphatic carbocycles.